The van der Waals surface area contributed by atoms with Gasteiger partial charge in [-0.1, -0.05) is 57.8 Å². The average molecular weight is 1250 g/mol. The summed E-state index contributed by atoms with van der Waals surface area (Å²) in [4.78, 5) is 78.4. The lowest BCUT2D eigenvalue weighted by molar-refractivity contribution is 0.158. The molecular formula is C58H96N6O13Si6. The van der Waals surface area contributed by atoms with E-state index in [1.165, 1.54) is 18.2 Å². The zero-order valence-corrected chi connectivity index (χ0v) is 58.6. The van der Waals surface area contributed by atoms with Crippen LogP contribution >= 0.6 is 0 Å². The number of benzene rings is 3. The molecular weight excluding hydrogens is 1160 g/mol. The van der Waals surface area contributed by atoms with Gasteiger partial charge in [0.15, 0.2) is 33.3 Å². The number of unbranched alkanes of at least 4 members (excludes halogenated alkanes) is 9. The Morgan fingerprint density at radius 3 is 0.940 bits per heavy atom. The minimum Gasteiger partial charge on any atom is -0.449 e. The van der Waals surface area contributed by atoms with Gasteiger partial charge in [0.25, 0.3) is 0 Å². The van der Waals surface area contributed by atoms with Crippen molar-refractivity contribution in [1.29, 1.82) is 0 Å². The van der Waals surface area contributed by atoms with Crippen molar-refractivity contribution < 1.29 is 59.4 Å². The Kier molecular flexibility index (Phi) is 32.5. The number of amides is 3. The number of hydrogen-bond donors (Lipinski definition) is 3. The minimum absolute atomic E-state index is 0.353. The normalized spacial score (nSPS) is 11.9. The Morgan fingerprint density at radius 2 is 0.675 bits per heavy atom. The molecule has 0 fully saturated rings. The van der Waals surface area contributed by atoms with Crippen molar-refractivity contribution in [2.45, 2.75) is 201 Å². The summed E-state index contributed by atoms with van der Waals surface area (Å²) in [5.74, 6) is 0. The molecule has 0 unspecified atom stereocenters. The van der Waals surface area contributed by atoms with Crippen LogP contribution in [-0.2, 0) is 45.1 Å². The van der Waals surface area contributed by atoms with Gasteiger partial charge in [0.1, 0.15) is 0 Å². The Labute approximate surface area is 501 Å². The molecule has 83 heavy (non-hydrogen) atoms. The van der Waals surface area contributed by atoms with E-state index >= 15 is 0 Å². The van der Waals surface area contributed by atoms with Crippen LogP contribution in [0.1, 0.15) is 93.7 Å². The predicted molar refractivity (Wildman–Crippen MR) is 347 cm³/mol. The van der Waals surface area contributed by atoms with Gasteiger partial charge in [-0.25, -0.2) is 28.8 Å². The molecule has 3 aromatic rings. The van der Waals surface area contributed by atoms with Crippen LogP contribution in [0.3, 0.4) is 0 Å². The summed E-state index contributed by atoms with van der Waals surface area (Å²) >= 11 is 0. The first-order chi connectivity index (χ1) is 38.8. The van der Waals surface area contributed by atoms with Crippen LogP contribution in [0.4, 0.5) is 48.5 Å². The first kappa shape index (κ1) is 73.9. The smallest absolute Gasteiger partial charge is 0.411 e. The third-order valence-electron chi connectivity index (χ3n) is 12.5. The molecule has 3 aromatic carbocycles. The second-order valence-corrected chi connectivity index (χ2v) is 49.9. The van der Waals surface area contributed by atoms with E-state index in [0.717, 1.165) is 112 Å². The van der Waals surface area contributed by atoms with Gasteiger partial charge in [0.05, 0.1) is 36.9 Å². The number of aryl methyl sites for hydroxylation is 3. The topological polar surface area (TPSA) is 240 Å². The predicted octanol–water partition coefficient (Wildman–Crippen LogP) is 17.1. The second kappa shape index (κ2) is 36.6. The number of nitrogens with zero attached hydrogens (tertiary/aromatic N) is 3. The fraction of sp³-hybridized carbons (Fsp3) is 0.586. The maximum Gasteiger partial charge on any atom is 0.411 e. The molecule has 3 amide bonds. The van der Waals surface area contributed by atoms with Crippen LogP contribution in [-0.4, -0.2) is 107 Å². The van der Waals surface area contributed by atoms with Crippen molar-refractivity contribution in [3.8, 4) is 0 Å². The van der Waals surface area contributed by atoms with Crippen molar-refractivity contribution in [2.24, 2.45) is 15.0 Å². The van der Waals surface area contributed by atoms with E-state index in [1.54, 1.807) is 68.4 Å². The first-order valence-electron chi connectivity index (χ1n) is 29.0. The van der Waals surface area contributed by atoms with Gasteiger partial charge < -0.3 is 30.7 Å². The lowest BCUT2D eigenvalue weighted by Gasteiger charge is -2.39. The number of aliphatic imine (C=N–C) groups is 3. The molecule has 0 saturated carbocycles. The number of carbonyl (C=O) groups excluding carboxylic acids is 6. The van der Waals surface area contributed by atoms with Gasteiger partial charge in [-0.05, 0) is 215 Å². The largest absolute Gasteiger partial charge is 0.449 e. The molecule has 460 valence electrons. The third kappa shape index (κ3) is 34.3. The Bertz CT molecular complexity index is 2560. The Balaban J connectivity index is 0.000000631. The van der Waals surface area contributed by atoms with Crippen LogP contribution in [0, 0.1) is 20.8 Å². The van der Waals surface area contributed by atoms with Crippen LogP contribution in [0.15, 0.2) is 69.6 Å². The van der Waals surface area contributed by atoms with E-state index in [0.29, 0.717) is 53.9 Å². The average Bonchev–Trinajstić information content (AvgIpc) is 3.54. The van der Waals surface area contributed by atoms with E-state index in [2.05, 4.69) is 116 Å². The van der Waals surface area contributed by atoms with Gasteiger partial charge in [-0.3, -0.25) is 16.0 Å². The highest BCUT2D eigenvalue weighted by Crippen LogP contribution is 2.30. The van der Waals surface area contributed by atoms with Crippen molar-refractivity contribution >= 4 is 121 Å². The highest BCUT2D eigenvalue weighted by molar-refractivity contribution is 6.88. The molecule has 0 heterocycles. The second-order valence-electron chi connectivity index (χ2n) is 24.6. The van der Waals surface area contributed by atoms with E-state index in [4.69, 9.17) is 30.7 Å². The van der Waals surface area contributed by atoms with E-state index in [9.17, 15) is 28.8 Å². The van der Waals surface area contributed by atoms with E-state index in [1.807, 2.05) is 6.92 Å². The van der Waals surface area contributed by atoms with Crippen molar-refractivity contribution in [2.75, 3.05) is 35.8 Å². The van der Waals surface area contributed by atoms with Crippen molar-refractivity contribution in [3.05, 3.63) is 71.3 Å². The number of ether oxygens (including phenoxy) is 3. The Hall–Kier alpha value is -5.25. The molecule has 0 saturated heterocycles. The number of rotatable bonds is 35. The third-order valence-corrected chi connectivity index (χ3v) is 33.6. The molecule has 0 aliphatic rings. The summed E-state index contributed by atoms with van der Waals surface area (Å²) < 4.78 is 42.5. The van der Waals surface area contributed by atoms with Crippen LogP contribution in [0.5, 0.6) is 0 Å². The molecule has 25 heteroatoms. The van der Waals surface area contributed by atoms with Crippen LogP contribution < -0.4 is 16.0 Å². The van der Waals surface area contributed by atoms with Crippen molar-refractivity contribution in [3.63, 3.8) is 0 Å². The maximum atomic E-state index is 12.1. The van der Waals surface area contributed by atoms with Crippen LogP contribution in [0.25, 0.3) is 0 Å². The van der Waals surface area contributed by atoms with Gasteiger partial charge in [-0.2, -0.15) is 15.0 Å². The van der Waals surface area contributed by atoms with Gasteiger partial charge >= 0.3 is 35.4 Å². The van der Waals surface area contributed by atoms with Gasteiger partial charge in [0, 0.05) is 17.1 Å². The zero-order valence-electron chi connectivity index (χ0n) is 52.6. The molecule has 0 atom stereocenters. The van der Waals surface area contributed by atoms with E-state index in [-0.39, 0.29) is 0 Å². The maximum absolute atomic E-state index is 12.1. The number of anilines is 3. The molecule has 3 rings (SSSR count). The summed E-state index contributed by atoms with van der Waals surface area (Å²) in [5.41, 5.74) is 5.63. The van der Waals surface area contributed by atoms with Gasteiger partial charge in [-0.15, -0.1) is 0 Å². The fourth-order valence-corrected chi connectivity index (χ4v) is 36.3. The Morgan fingerprint density at radius 1 is 0.398 bits per heavy atom. The van der Waals surface area contributed by atoms with Crippen molar-refractivity contribution in [1.82, 2.24) is 0 Å². The lowest BCUT2D eigenvalue weighted by atomic mass is 10.2. The first-order valence-corrected chi connectivity index (χ1v) is 47.3. The summed E-state index contributed by atoms with van der Waals surface area (Å²) in [6, 6.07) is 18.3. The zero-order chi connectivity index (χ0) is 62.3. The standard InChI is InChI=1S/C36H56N4O8Si3.C22H40N2O5Si3/c1-29-25-31(17-19-33(29)37-27-41)39-35(43)45-21-13-9-11-15-23-49(3,4)47-51(7,8)48-50(5,6)24-16-12-10-14-22-46-36(44)40-32-18-20-34(38-28-42)30(2)26-32;1-19-17-20(13-14-21(19)23-18-25)24-22(26)27-15-11-9-10-12-16-32(8,28-30(2,3)4)29-31(5,6)7/h17-20,25-26H,9-16,21-24H2,1-8H3,(H,39,43)(H,40,44);13-14,17H,9-12,15-16H2,1-8H3,(H,24,26). The fourth-order valence-electron chi connectivity index (χ4n) is 9.47. The molecule has 0 radical (unpaired) electrons. The highest BCUT2D eigenvalue weighted by Gasteiger charge is 2.40. The van der Waals surface area contributed by atoms with Crippen LogP contribution in [0.2, 0.25) is 103 Å². The molecule has 0 aliphatic carbocycles. The molecule has 0 aliphatic heterocycles. The molecule has 0 aromatic heterocycles. The molecule has 0 bridgehead atoms. The molecule has 3 N–H and O–H groups in total. The van der Waals surface area contributed by atoms with E-state index < -0.39 is 68.7 Å². The summed E-state index contributed by atoms with van der Waals surface area (Å²) in [5, 5.41) is 8.11. The lowest BCUT2D eigenvalue weighted by Crippen LogP contribution is -2.52. The quantitative estimate of drug-likeness (QED) is 0.0163. The number of carbonyl (C=O) groups is 3. The molecule has 19 nitrogen and oxygen atoms in total. The minimum atomic E-state index is -2.30. The highest BCUT2D eigenvalue weighted by atomic mass is 28.5. The number of nitrogens with one attached hydrogen (secondary N) is 3. The summed E-state index contributed by atoms with van der Waals surface area (Å²) in [6.45, 7) is 35.5. The monoisotopic (exact) mass is 1250 g/mol. The number of isocyanates is 3. The summed E-state index contributed by atoms with van der Waals surface area (Å²) in [6.07, 6.45) is 14.8. The SMILES string of the molecule is Cc1cc(NC(=O)OCCCCCC[Si](C)(C)O[Si](C)(C)O[Si](C)(C)CCCCCCOC(=O)Nc2ccc(N=C=O)c(C)c2)ccc1N=C=O.Cc1cc(NC(=O)OCCCCCC[Si](C)(O[Si](C)(C)C)O[Si](C)(C)C)ccc1N=C=O. The van der Waals surface area contributed by atoms with Gasteiger partial charge in [0.2, 0.25) is 18.2 Å². The summed E-state index contributed by atoms with van der Waals surface area (Å²) in [7, 11) is -11.6. The molecule has 0 spiro atoms. The number of hydrogen-bond acceptors (Lipinski definition) is 16.